The number of amides is 1. The Morgan fingerprint density at radius 3 is 2.43 bits per heavy atom. The molecule has 2 rings (SSSR count). The second-order valence-electron chi connectivity index (χ2n) is 4.85. The maximum atomic E-state index is 12.4. The molecular weight excluding hydrogens is 270 g/mol. The number of para-hydroxylation sites is 1. The molecule has 0 saturated carbocycles. The molecule has 1 aromatic carbocycles. The minimum absolute atomic E-state index is 0.338. The van der Waals surface area contributed by atoms with E-state index in [0.717, 1.165) is 5.69 Å². The smallest absolute Gasteiger partial charge is 0.323 e. The third-order valence-corrected chi connectivity index (χ3v) is 3.23. The molecule has 1 amide bonds. The van der Waals surface area contributed by atoms with Crippen LogP contribution in [0.2, 0.25) is 0 Å². The number of nitrogens with zero attached hydrogens (tertiary/aromatic N) is 3. The summed E-state index contributed by atoms with van der Waals surface area (Å²) < 4.78 is 1.69. The number of carbonyl (C=O) groups excluding carboxylic acids is 1. The van der Waals surface area contributed by atoms with Crippen LogP contribution < -0.4 is 0 Å². The van der Waals surface area contributed by atoms with Crippen LogP contribution >= 0.6 is 0 Å². The SMILES string of the molecule is Cc1nn(-c2ccccc2)c(C)c1C(=O)N(C)CC(=O)O. The normalized spacial score (nSPS) is 10.4. The Bertz CT molecular complexity index is 677. The Morgan fingerprint density at radius 1 is 1.24 bits per heavy atom. The first-order valence-corrected chi connectivity index (χ1v) is 6.50. The van der Waals surface area contributed by atoms with Crippen molar-refractivity contribution < 1.29 is 14.7 Å². The van der Waals surface area contributed by atoms with Gasteiger partial charge in [-0.1, -0.05) is 18.2 Å². The lowest BCUT2D eigenvalue weighted by Crippen LogP contribution is -2.32. The molecule has 0 bridgehead atoms. The highest BCUT2D eigenvalue weighted by Gasteiger charge is 2.23. The van der Waals surface area contributed by atoms with Crippen LogP contribution in [-0.4, -0.2) is 45.3 Å². The molecule has 0 saturated heterocycles. The van der Waals surface area contributed by atoms with E-state index in [0.29, 0.717) is 17.0 Å². The first-order chi connectivity index (χ1) is 9.91. The number of hydrogen-bond donors (Lipinski definition) is 1. The van der Waals surface area contributed by atoms with Gasteiger partial charge < -0.3 is 10.0 Å². The molecular formula is C15H17N3O3. The fourth-order valence-corrected chi connectivity index (χ4v) is 2.24. The number of likely N-dealkylation sites (N-methyl/N-ethyl adjacent to an activating group) is 1. The number of carboxylic acids is 1. The van der Waals surface area contributed by atoms with Crippen LogP contribution in [0.4, 0.5) is 0 Å². The van der Waals surface area contributed by atoms with Gasteiger partial charge >= 0.3 is 5.97 Å². The van der Waals surface area contributed by atoms with Crippen LogP contribution in [0.5, 0.6) is 0 Å². The minimum atomic E-state index is -1.04. The molecule has 6 nitrogen and oxygen atoms in total. The zero-order valence-electron chi connectivity index (χ0n) is 12.2. The number of rotatable bonds is 4. The summed E-state index contributed by atoms with van der Waals surface area (Å²) in [5, 5.41) is 13.2. The molecule has 110 valence electrons. The zero-order valence-corrected chi connectivity index (χ0v) is 12.2. The van der Waals surface area contributed by atoms with Crippen molar-refractivity contribution in [1.82, 2.24) is 14.7 Å². The fraction of sp³-hybridized carbons (Fsp3) is 0.267. The molecule has 0 aliphatic rings. The van der Waals surface area contributed by atoms with E-state index in [9.17, 15) is 9.59 Å². The highest BCUT2D eigenvalue weighted by molar-refractivity contribution is 5.97. The lowest BCUT2D eigenvalue weighted by molar-refractivity contribution is -0.137. The van der Waals surface area contributed by atoms with E-state index in [1.54, 1.807) is 18.5 Å². The van der Waals surface area contributed by atoms with E-state index in [-0.39, 0.29) is 12.5 Å². The predicted octanol–water partition coefficient (Wildman–Crippen LogP) is 1.65. The van der Waals surface area contributed by atoms with Crippen LogP contribution in [0, 0.1) is 13.8 Å². The predicted molar refractivity (Wildman–Crippen MR) is 77.6 cm³/mol. The van der Waals surface area contributed by atoms with Crippen molar-refractivity contribution in [2.75, 3.05) is 13.6 Å². The number of benzene rings is 1. The van der Waals surface area contributed by atoms with Gasteiger partial charge in [0.15, 0.2) is 0 Å². The third kappa shape index (κ3) is 2.94. The molecule has 2 aromatic rings. The molecule has 21 heavy (non-hydrogen) atoms. The van der Waals surface area contributed by atoms with E-state index >= 15 is 0 Å². The average Bonchev–Trinajstić information content (AvgIpc) is 2.73. The molecule has 0 fully saturated rings. The largest absolute Gasteiger partial charge is 0.480 e. The van der Waals surface area contributed by atoms with Crippen LogP contribution in [0.3, 0.4) is 0 Å². The Labute approximate surface area is 122 Å². The van der Waals surface area contributed by atoms with Crippen molar-refractivity contribution in [3.05, 3.63) is 47.3 Å². The number of aromatic nitrogens is 2. The van der Waals surface area contributed by atoms with Crippen molar-refractivity contribution in [1.29, 1.82) is 0 Å². The second-order valence-corrected chi connectivity index (χ2v) is 4.85. The molecule has 0 atom stereocenters. The van der Waals surface area contributed by atoms with Crippen LogP contribution in [-0.2, 0) is 4.79 Å². The summed E-state index contributed by atoms with van der Waals surface area (Å²) >= 11 is 0. The van der Waals surface area contributed by atoms with Gasteiger partial charge in [-0.15, -0.1) is 0 Å². The van der Waals surface area contributed by atoms with Crippen LogP contribution in [0.25, 0.3) is 5.69 Å². The molecule has 1 aromatic heterocycles. The highest BCUT2D eigenvalue weighted by atomic mass is 16.4. The maximum Gasteiger partial charge on any atom is 0.323 e. The Kier molecular flexibility index (Phi) is 4.07. The molecule has 0 spiro atoms. The molecule has 6 heteroatoms. The summed E-state index contributed by atoms with van der Waals surface area (Å²) in [6.45, 7) is 3.21. The lowest BCUT2D eigenvalue weighted by Gasteiger charge is -2.14. The van der Waals surface area contributed by atoms with Gasteiger partial charge in [-0.3, -0.25) is 9.59 Å². The van der Waals surface area contributed by atoms with E-state index in [2.05, 4.69) is 5.10 Å². The van der Waals surface area contributed by atoms with Crippen molar-refractivity contribution in [2.24, 2.45) is 0 Å². The molecule has 0 unspecified atom stereocenters. The van der Waals surface area contributed by atoms with E-state index in [1.807, 2.05) is 30.3 Å². The average molecular weight is 287 g/mol. The number of carboxylic acid groups (broad SMARTS) is 1. The zero-order chi connectivity index (χ0) is 15.6. The van der Waals surface area contributed by atoms with Crippen molar-refractivity contribution in [3.8, 4) is 5.69 Å². The van der Waals surface area contributed by atoms with Gasteiger partial charge in [0.2, 0.25) is 0 Å². The summed E-state index contributed by atoms with van der Waals surface area (Å²) in [6.07, 6.45) is 0. The monoisotopic (exact) mass is 287 g/mol. The van der Waals surface area contributed by atoms with E-state index in [1.165, 1.54) is 11.9 Å². The Morgan fingerprint density at radius 2 is 1.86 bits per heavy atom. The van der Waals surface area contributed by atoms with Crippen molar-refractivity contribution in [3.63, 3.8) is 0 Å². The second kappa shape index (κ2) is 5.78. The molecule has 0 aliphatic heterocycles. The fourth-order valence-electron chi connectivity index (χ4n) is 2.24. The topological polar surface area (TPSA) is 75.4 Å². The molecule has 0 radical (unpaired) electrons. The first kappa shape index (κ1) is 14.8. The van der Waals surface area contributed by atoms with Gasteiger partial charge in [-0.05, 0) is 26.0 Å². The lowest BCUT2D eigenvalue weighted by atomic mass is 10.1. The molecule has 0 aliphatic carbocycles. The Hall–Kier alpha value is -2.63. The van der Waals surface area contributed by atoms with Gasteiger partial charge in [0, 0.05) is 7.05 Å². The number of aliphatic carboxylic acids is 1. The standard InChI is InChI=1S/C15H17N3O3/c1-10-14(15(21)17(3)9-13(19)20)11(2)18(16-10)12-7-5-4-6-8-12/h4-8H,9H2,1-3H3,(H,19,20). The molecule has 1 heterocycles. The van der Waals surface area contributed by atoms with Crippen LogP contribution in [0.15, 0.2) is 30.3 Å². The summed E-state index contributed by atoms with van der Waals surface area (Å²) in [5.74, 6) is -1.38. The first-order valence-electron chi connectivity index (χ1n) is 6.50. The summed E-state index contributed by atoms with van der Waals surface area (Å²) in [7, 11) is 1.47. The van der Waals surface area contributed by atoms with Gasteiger partial charge in [0.05, 0.1) is 22.6 Å². The van der Waals surface area contributed by atoms with Gasteiger partial charge in [0.25, 0.3) is 5.91 Å². The quantitative estimate of drug-likeness (QED) is 0.927. The van der Waals surface area contributed by atoms with Gasteiger partial charge in [-0.2, -0.15) is 5.10 Å². The number of aryl methyl sites for hydroxylation is 1. The van der Waals surface area contributed by atoms with E-state index in [4.69, 9.17) is 5.11 Å². The minimum Gasteiger partial charge on any atom is -0.480 e. The summed E-state index contributed by atoms with van der Waals surface area (Å²) in [4.78, 5) is 24.3. The van der Waals surface area contributed by atoms with E-state index < -0.39 is 5.97 Å². The highest BCUT2D eigenvalue weighted by Crippen LogP contribution is 2.19. The van der Waals surface area contributed by atoms with Crippen molar-refractivity contribution >= 4 is 11.9 Å². The molecule has 1 N–H and O–H groups in total. The maximum absolute atomic E-state index is 12.4. The van der Waals surface area contributed by atoms with Crippen LogP contribution in [0.1, 0.15) is 21.7 Å². The summed E-state index contributed by atoms with van der Waals surface area (Å²) in [6, 6.07) is 9.48. The number of carbonyl (C=O) groups is 2. The summed E-state index contributed by atoms with van der Waals surface area (Å²) in [5.41, 5.74) is 2.58. The van der Waals surface area contributed by atoms with Gasteiger partial charge in [0.1, 0.15) is 6.54 Å². The number of hydrogen-bond acceptors (Lipinski definition) is 3. The van der Waals surface area contributed by atoms with Crippen molar-refractivity contribution in [2.45, 2.75) is 13.8 Å². The van der Waals surface area contributed by atoms with Gasteiger partial charge in [-0.25, -0.2) is 4.68 Å². The third-order valence-electron chi connectivity index (χ3n) is 3.23. The Balaban J connectivity index is 2.40.